The Kier molecular flexibility index (Phi) is 9.68. The zero-order valence-electron chi connectivity index (χ0n) is 18.9. The van der Waals surface area contributed by atoms with Gasteiger partial charge in [0.05, 0.1) is 24.9 Å². The number of amides is 2. The molecule has 2 aromatic rings. The molecule has 0 saturated heterocycles. The minimum atomic E-state index is -0.292. The highest BCUT2D eigenvalue weighted by molar-refractivity contribution is 9.10. The zero-order valence-corrected chi connectivity index (χ0v) is 20.5. The number of nitrogens with zero attached hydrogens (tertiary/aromatic N) is 1. The molecule has 1 fully saturated rings. The fourth-order valence-electron chi connectivity index (χ4n) is 3.62. The van der Waals surface area contributed by atoms with Crippen molar-refractivity contribution in [2.75, 3.05) is 27.4 Å². The standard InChI is InChI=1S/C24H30BrN3O5/c1-30-20-10-6-7-11-21(20)32-12-13-33-23-19(25)14-17(15-22(23)31-2)16-26-28-24(29)27-18-8-4-3-5-9-18/h6-7,10-11,14-16,18H,3-5,8-9,12-13H2,1-2H3,(H2,27,28,29)/b26-16+. The van der Waals surface area contributed by atoms with Crippen LogP contribution in [0.4, 0.5) is 4.79 Å². The molecule has 2 aromatic carbocycles. The molecule has 0 radical (unpaired) electrons. The van der Waals surface area contributed by atoms with Crippen LogP contribution in [0.15, 0.2) is 46.0 Å². The number of hydrazone groups is 1. The van der Waals surface area contributed by atoms with Crippen molar-refractivity contribution in [3.8, 4) is 23.0 Å². The number of carbonyl (C=O) groups is 1. The van der Waals surface area contributed by atoms with Gasteiger partial charge in [0.2, 0.25) is 0 Å². The topological polar surface area (TPSA) is 90.4 Å². The molecule has 1 aliphatic rings. The SMILES string of the molecule is COc1ccccc1OCCOc1c(Br)cc(/C=N/NC(=O)NC2CCCCC2)cc1OC. The van der Waals surface area contributed by atoms with Crippen LogP contribution in [0.5, 0.6) is 23.0 Å². The first-order valence-electron chi connectivity index (χ1n) is 11.0. The Morgan fingerprint density at radius 3 is 2.45 bits per heavy atom. The maximum absolute atomic E-state index is 12.0. The Labute approximate surface area is 202 Å². The van der Waals surface area contributed by atoms with Crippen LogP contribution in [0.1, 0.15) is 37.7 Å². The van der Waals surface area contributed by atoms with Crippen LogP contribution in [-0.2, 0) is 0 Å². The first-order chi connectivity index (χ1) is 16.1. The average molecular weight is 520 g/mol. The largest absolute Gasteiger partial charge is 0.493 e. The second-order valence-corrected chi connectivity index (χ2v) is 8.41. The second kappa shape index (κ2) is 12.9. The first kappa shape index (κ1) is 24.7. The van der Waals surface area contributed by atoms with Gasteiger partial charge in [-0.2, -0.15) is 5.10 Å². The van der Waals surface area contributed by atoms with Gasteiger partial charge in [-0.05, 0) is 58.6 Å². The van der Waals surface area contributed by atoms with E-state index in [0.29, 0.717) is 40.7 Å². The number of urea groups is 1. The number of rotatable bonds is 10. The molecule has 0 bridgehead atoms. The summed E-state index contributed by atoms with van der Waals surface area (Å²) in [7, 11) is 3.17. The molecular weight excluding hydrogens is 490 g/mol. The van der Waals surface area contributed by atoms with Crippen molar-refractivity contribution >= 4 is 28.2 Å². The third-order valence-corrected chi connectivity index (χ3v) is 5.82. The summed E-state index contributed by atoms with van der Waals surface area (Å²) in [6.45, 7) is 0.641. The summed E-state index contributed by atoms with van der Waals surface area (Å²) in [6.07, 6.45) is 7.15. The van der Waals surface area contributed by atoms with E-state index in [4.69, 9.17) is 18.9 Å². The summed E-state index contributed by atoms with van der Waals surface area (Å²) in [4.78, 5) is 12.0. The van der Waals surface area contributed by atoms with Crippen LogP contribution >= 0.6 is 15.9 Å². The molecular formula is C24H30BrN3O5. The monoisotopic (exact) mass is 519 g/mol. The number of hydrogen-bond donors (Lipinski definition) is 2. The van der Waals surface area contributed by atoms with Gasteiger partial charge in [-0.25, -0.2) is 10.2 Å². The van der Waals surface area contributed by atoms with Crippen molar-refractivity contribution in [2.24, 2.45) is 5.10 Å². The van der Waals surface area contributed by atoms with Gasteiger partial charge in [0, 0.05) is 6.04 Å². The minimum absolute atomic E-state index is 0.228. The summed E-state index contributed by atoms with van der Waals surface area (Å²) in [5.74, 6) is 2.41. The van der Waals surface area contributed by atoms with Gasteiger partial charge in [-0.15, -0.1) is 0 Å². The molecule has 0 aliphatic heterocycles. The van der Waals surface area contributed by atoms with Crippen LogP contribution < -0.4 is 29.7 Å². The fraction of sp³-hybridized carbons (Fsp3) is 0.417. The van der Waals surface area contributed by atoms with E-state index in [9.17, 15) is 4.79 Å². The first-order valence-corrected chi connectivity index (χ1v) is 11.8. The number of nitrogens with one attached hydrogen (secondary N) is 2. The van der Waals surface area contributed by atoms with Crippen molar-refractivity contribution in [2.45, 2.75) is 38.1 Å². The van der Waals surface area contributed by atoms with E-state index in [1.54, 1.807) is 26.5 Å². The van der Waals surface area contributed by atoms with E-state index in [1.165, 1.54) is 6.42 Å². The average Bonchev–Trinajstić information content (AvgIpc) is 2.83. The van der Waals surface area contributed by atoms with Gasteiger partial charge in [0.1, 0.15) is 13.2 Å². The van der Waals surface area contributed by atoms with E-state index >= 15 is 0 Å². The number of halogens is 1. The number of hydrogen-bond acceptors (Lipinski definition) is 6. The van der Waals surface area contributed by atoms with Crippen molar-refractivity contribution in [1.29, 1.82) is 0 Å². The van der Waals surface area contributed by atoms with Gasteiger partial charge in [0.25, 0.3) is 0 Å². The van der Waals surface area contributed by atoms with Crippen LogP contribution in [-0.4, -0.2) is 45.7 Å². The molecule has 8 nitrogen and oxygen atoms in total. The number of ether oxygens (including phenoxy) is 4. The van der Waals surface area contributed by atoms with Gasteiger partial charge in [-0.3, -0.25) is 0 Å². The summed E-state index contributed by atoms with van der Waals surface area (Å²) in [6, 6.07) is 11.0. The molecule has 0 unspecified atom stereocenters. The molecule has 1 aliphatic carbocycles. The molecule has 33 heavy (non-hydrogen) atoms. The summed E-state index contributed by atoms with van der Waals surface area (Å²) >= 11 is 3.52. The second-order valence-electron chi connectivity index (χ2n) is 7.56. The van der Waals surface area contributed by atoms with Crippen LogP contribution in [0.3, 0.4) is 0 Å². The molecule has 0 spiro atoms. The molecule has 1 saturated carbocycles. The Morgan fingerprint density at radius 1 is 1.03 bits per heavy atom. The van der Waals surface area contributed by atoms with E-state index in [0.717, 1.165) is 31.2 Å². The molecule has 0 atom stereocenters. The van der Waals surface area contributed by atoms with Crippen LogP contribution in [0.2, 0.25) is 0 Å². The van der Waals surface area contributed by atoms with Crippen molar-refractivity contribution in [3.63, 3.8) is 0 Å². The van der Waals surface area contributed by atoms with Gasteiger partial charge in [-0.1, -0.05) is 31.4 Å². The Bertz CT molecular complexity index is 948. The highest BCUT2D eigenvalue weighted by Gasteiger charge is 2.15. The van der Waals surface area contributed by atoms with Crippen LogP contribution in [0.25, 0.3) is 0 Å². The smallest absolute Gasteiger partial charge is 0.335 e. The molecule has 2 N–H and O–H groups in total. The lowest BCUT2D eigenvalue weighted by Crippen LogP contribution is -2.41. The van der Waals surface area contributed by atoms with E-state index < -0.39 is 0 Å². The van der Waals surface area contributed by atoms with Gasteiger partial charge >= 0.3 is 6.03 Å². The summed E-state index contributed by atoms with van der Waals surface area (Å²) in [5.41, 5.74) is 3.27. The predicted molar refractivity (Wildman–Crippen MR) is 131 cm³/mol. The van der Waals surface area contributed by atoms with Crippen molar-refractivity contribution < 1.29 is 23.7 Å². The molecule has 0 aromatic heterocycles. The maximum Gasteiger partial charge on any atom is 0.335 e. The molecule has 178 valence electrons. The normalized spacial score (nSPS) is 14.0. The highest BCUT2D eigenvalue weighted by Crippen LogP contribution is 2.36. The number of carbonyl (C=O) groups excluding carboxylic acids is 1. The lowest BCUT2D eigenvalue weighted by Gasteiger charge is -2.22. The fourth-order valence-corrected chi connectivity index (χ4v) is 4.19. The summed E-state index contributed by atoms with van der Waals surface area (Å²) < 4.78 is 23.1. The third-order valence-electron chi connectivity index (χ3n) is 5.23. The predicted octanol–water partition coefficient (Wildman–Crippen LogP) is 4.89. The van der Waals surface area contributed by atoms with E-state index in [2.05, 4.69) is 31.8 Å². The Morgan fingerprint density at radius 2 is 1.73 bits per heavy atom. The number of benzene rings is 2. The number of methoxy groups -OCH3 is 2. The van der Waals surface area contributed by atoms with Gasteiger partial charge in [0.15, 0.2) is 23.0 Å². The highest BCUT2D eigenvalue weighted by atomic mass is 79.9. The molecule has 0 heterocycles. The molecule has 2 amide bonds. The third kappa shape index (κ3) is 7.56. The van der Waals surface area contributed by atoms with Crippen molar-refractivity contribution in [3.05, 3.63) is 46.4 Å². The van der Waals surface area contributed by atoms with Crippen LogP contribution in [0, 0.1) is 0 Å². The van der Waals surface area contributed by atoms with Gasteiger partial charge < -0.3 is 24.3 Å². The zero-order chi connectivity index (χ0) is 23.5. The lowest BCUT2D eigenvalue weighted by atomic mass is 9.96. The van der Waals surface area contributed by atoms with E-state index in [-0.39, 0.29) is 12.1 Å². The number of para-hydroxylation sites is 2. The Balaban J connectivity index is 1.52. The minimum Gasteiger partial charge on any atom is -0.493 e. The Hall–Kier alpha value is -2.94. The quantitative estimate of drug-likeness (QED) is 0.265. The molecule has 9 heteroatoms. The van der Waals surface area contributed by atoms with E-state index in [1.807, 2.05) is 30.3 Å². The maximum atomic E-state index is 12.0. The molecule has 3 rings (SSSR count). The lowest BCUT2D eigenvalue weighted by molar-refractivity contribution is 0.205. The van der Waals surface area contributed by atoms with Crippen molar-refractivity contribution in [1.82, 2.24) is 10.7 Å². The summed E-state index contributed by atoms with van der Waals surface area (Å²) in [5, 5.41) is 7.00.